The van der Waals surface area contributed by atoms with Crippen LogP contribution in [0.3, 0.4) is 0 Å². The van der Waals surface area contributed by atoms with Gasteiger partial charge in [0.15, 0.2) is 0 Å². The molecule has 1 nitrogen and oxygen atoms in total. The van der Waals surface area contributed by atoms with Gasteiger partial charge in [-0.05, 0) is 0 Å². The zero-order valence-corrected chi connectivity index (χ0v) is 7.91. The molecular formula is C7H8AtN. The van der Waals surface area contributed by atoms with Crippen molar-refractivity contribution in [2.24, 2.45) is 5.73 Å². The van der Waals surface area contributed by atoms with E-state index in [1.54, 1.807) is 24.7 Å². The quantitative estimate of drug-likeness (QED) is 0.793. The minimum atomic E-state index is 0.645. The molecule has 0 aliphatic heterocycles. The molecule has 9 heavy (non-hydrogen) atoms. The monoisotopic (exact) mass is 316 g/mol. The van der Waals surface area contributed by atoms with Crippen LogP contribution in [0.4, 0.5) is 0 Å². The van der Waals surface area contributed by atoms with E-state index in [-0.39, 0.29) is 0 Å². The Kier molecular flexibility index (Phi) is 2.62. The van der Waals surface area contributed by atoms with E-state index in [9.17, 15) is 0 Å². The molecule has 0 unspecified atom stereocenters. The molecule has 1 aromatic rings. The van der Waals surface area contributed by atoms with Crippen LogP contribution in [0.2, 0.25) is 0 Å². The van der Waals surface area contributed by atoms with E-state index in [2.05, 4.69) is 24.3 Å². The Hall–Kier alpha value is 0.0631. The Balaban J connectivity index is 2.88. The zero-order chi connectivity index (χ0) is 6.69. The first-order chi connectivity index (χ1) is 4.33. The van der Waals surface area contributed by atoms with E-state index in [0.717, 1.165) is 0 Å². The van der Waals surface area contributed by atoms with Crippen LogP contribution < -0.4 is 9.01 Å². The first-order valence-electron chi connectivity index (χ1n) is 2.77. The molecule has 0 amide bonds. The third-order valence-corrected chi connectivity index (χ3v) is 2.13. The van der Waals surface area contributed by atoms with Crippen molar-refractivity contribution in [3.8, 4) is 0 Å². The summed E-state index contributed by atoms with van der Waals surface area (Å²) in [4.78, 5) is 0. The van der Waals surface area contributed by atoms with Gasteiger partial charge in [0.25, 0.3) is 0 Å². The molecule has 1 aromatic carbocycles. The number of hydrogen-bond acceptors (Lipinski definition) is 1. The summed E-state index contributed by atoms with van der Waals surface area (Å²) in [6, 6.07) is 8.32. The van der Waals surface area contributed by atoms with Gasteiger partial charge < -0.3 is 0 Å². The Labute approximate surface area is 70.1 Å². The standard InChI is InChI=1S/C7H8AtN/c8-7-3-1-6(5-9)2-4-7/h1-4H,5,9H2. The van der Waals surface area contributed by atoms with E-state index in [4.69, 9.17) is 5.73 Å². The summed E-state index contributed by atoms with van der Waals surface area (Å²) < 4.78 is 1.34. The summed E-state index contributed by atoms with van der Waals surface area (Å²) in [6.45, 7) is 0.645. The van der Waals surface area contributed by atoms with Gasteiger partial charge in [0.1, 0.15) is 0 Å². The number of hydrogen-bond donors (Lipinski definition) is 1. The van der Waals surface area contributed by atoms with E-state index < -0.39 is 0 Å². The van der Waals surface area contributed by atoms with Crippen molar-refractivity contribution in [2.75, 3.05) is 0 Å². The maximum atomic E-state index is 5.40. The molecule has 2 N–H and O–H groups in total. The van der Waals surface area contributed by atoms with Gasteiger partial charge in [-0.1, -0.05) is 0 Å². The van der Waals surface area contributed by atoms with Crippen molar-refractivity contribution in [1.82, 2.24) is 0 Å². The predicted molar refractivity (Wildman–Crippen MR) is 34.0 cm³/mol. The third-order valence-electron chi connectivity index (χ3n) is 1.15. The fraction of sp³-hybridized carbons (Fsp3) is 0.143. The topological polar surface area (TPSA) is 26.0 Å². The molecule has 0 radical (unpaired) electrons. The van der Waals surface area contributed by atoms with Crippen molar-refractivity contribution < 1.29 is 24.7 Å². The summed E-state index contributed by atoms with van der Waals surface area (Å²) in [5.41, 5.74) is 6.61. The molecule has 0 aliphatic rings. The molecule has 2 heteroatoms. The van der Waals surface area contributed by atoms with Crippen LogP contribution in [0, 0.1) is 24.7 Å². The first-order valence-corrected chi connectivity index (χ1v) is 4.24. The van der Waals surface area contributed by atoms with Gasteiger partial charge in [-0.2, -0.15) is 0 Å². The molecule has 0 spiro atoms. The van der Waals surface area contributed by atoms with E-state index >= 15 is 0 Å². The minimum absolute atomic E-state index is 0.645. The molecule has 0 saturated heterocycles. The van der Waals surface area contributed by atoms with E-state index in [1.807, 2.05) is 0 Å². The van der Waals surface area contributed by atoms with Crippen molar-refractivity contribution in [3.63, 3.8) is 0 Å². The summed E-state index contributed by atoms with van der Waals surface area (Å²) in [6.07, 6.45) is 0. The number of nitrogens with two attached hydrogens (primary N) is 1. The van der Waals surface area contributed by atoms with Crippen LogP contribution in [-0.4, -0.2) is 0 Å². The van der Waals surface area contributed by atoms with Gasteiger partial charge in [-0.3, -0.25) is 0 Å². The van der Waals surface area contributed by atoms with Crippen molar-refractivity contribution in [3.05, 3.63) is 29.8 Å². The molecular weight excluding hydrogens is 308 g/mol. The van der Waals surface area contributed by atoms with Gasteiger partial charge in [0, 0.05) is 0 Å². The summed E-state index contributed by atoms with van der Waals surface area (Å²) in [5.74, 6) is 0. The molecule has 0 bridgehead atoms. The molecule has 0 heterocycles. The van der Waals surface area contributed by atoms with Crippen LogP contribution in [0.25, 0.3) is 0 Å². The Morgan fingerprint density at radius 2 is 1.78 bits per heavy atom. The molecule has 1 rings (SSSR count). The van der Waals surface area contributed by atoms with Crippen molar-refractivity contribution >= 4 is 3.27 Å². The molecule has 0 aliphatic carbocycles. The second-order valence-electron chi connectivity index (χ2n) is 1.83. The Morgan fingerprint density at radius 3 is 2.22 bits per heavy atom. The fourth-order valence-electron chi connectivity index (χ4n) is 0.620. The van der Waals surface area contributed by atoms with Gasteiger partial charge in [-0.25, -0.2) is 0 Å². The van der Waals surface area contributed by atoms with Crippen molar-refractivity contribution in [1.29, 1.82) is 0 Å². The van der Waals surface area contributed by atoms with Crippen LogP contribution in [0.15, 0.2) is 24.3 Å². The summed E-state index contributed by atoms with van der Waals surface area (Å²) in [5, 5.41) is 0. The van der Waals surface area contributed by atoms with Crippen LogP contribution >= 0.6 is 0 Å². The maximum absolute atomic E-state index is 5.40. The van der Waals surface area contributed by atoms with Gasteiger partial charge in [0.05, 0.1) is 0 Å². The Bertz CT molecular complexity index is 181. The number of rotatable bonds is 1. The average Bonchev–Trinajstić information content (AvgIpc) is 1.90. The zero-order valence-electron chi connectivity index (χ0n) is 4.97. The normalized spacial score (nSPS) is 9.56. The SMILES string of the molecule is NCc1ccc([At])cc1. The molecule has 48 valence electrons. The van der Waals surface area contributed by atoms with Gasteiger partial charge in [-0.15, -0.1) is 0 Å². The number of benzene rings is 1. The average molecular weight is 316 g/mol. The van der Waals surface area contributed by atoms with Crippen LogP contribution in [0.1, 0.15) is 5.56 Å². The second kappa shape index (κ2) is 3.29. The van der Waals surface area contributed by atoms with Gasteiger partial charge in [0.2, 0.25) is 0 Å². The molecule has 0 atom stereocenters. The van der Waals surface area contributed by atoms with E-state index in [0.29, 0.717) is 6.54 Å². The molecule has 0 fully saturated rings. The van der Waals surface area contributed by atoms with Crippen molar-refractivity contribution in [2.45, 2.75) is 6.54 Å². The second-order valence-corrected chi connectivity index (χ2v) is 3.53. The molecule has 0 aromatic heterocycles. The van der Waals surface area contributed by atoms with Crippen LogP contribution in [-0.2, 0) is 6.54 Å². The van der Waals surface area contributed by atoms with Gasteiger partial charge >= 0.3 is 70.1 Å². The molecule has 0 saturated carbocycles. The predicted octanol–water partition coefficient (Wildman–Crippen LogP) is 0.320. The third kappa shape index (κ3) is 2.04. The summed E-state index contributed by atoms with van der Waals surface area (Å²) in [7, 11) is 0. The fourth-order valence-corrected chi connectivity index (χ4v) is 1.11. The first kappa shape index (κ1) is 7.17. The van der Waals surface area contributed by atoms with E-state index in [1.165, 1.54) is 8.83 Å². The van der Waals surface area contributed by atoms with Crippen LogP contribution in [0.5, 0.6) is 0 Å². The summed E-state index contributed by atoms with van der Waals surface area (Å²) >= 11 is 1.70. The Morgan fingerprint density at radius 1 is 1.22 bits per heavy atom.